The SMILES string of the molecule is C[C@@H](O)C1C=CC2OC(=O)C=C[C@H]2O1. The van der Waals surface area contributed by atoms with Gasteiger partial charge in [-0.3, -0.25) is 0 Å². The molecule has 0 bridgehead atoms. The Morgan fingerprint density at radius 2 is 2.14 bits per heavy atom. The van der Waals surface area contributed by atoms with Gasteiger partial charge >= 0.3 is 5.97 Å². The lowest BCUT2D eigenvalue weighted by atomic mass is 10.0. The van der Waals surface area contributed by atoms with Gasteiger partial charge in [0.05, 0.1) is 6.10 Å². The second-order valence-electron chi connectivity index (χ2n) is 3.45. The molecule has 2 heterocycles. The van der Waals surface area contributed by atoms with E-state index >= 15 is 0 Å². The van der Waals surface area contributed by atoms with Gasteiger partial charge in [0.15, 0.2) is 6.10 Å². The Kier molecular flexibility index (Phi) is 2.39. The molecule has 1 N–H and O–H groups in total. The number of ether oxygens (including phenoxy) is 2. The van der Waals surface area contributed by atoms with Crippen molar-refractivity contribution in [2.75, 3.05) is 0 Å². The number of hydrogen-bond acceptors (Lipinski definition) is 4. The maximum absolute atomic E-state index is 10.9. The van der Waals surface area contributed by atoms with E-state index in [2.05, 4.69) is 0 Å². The Labute approximate surface area is 81.8 Å². The second-order valence-corrected chi connectivity index (χ2v) is 3.45. The molecule has 0 fully saturated rings. The van der Waals surface area contributed by atoms with Crippen LogP contribution in [0.1, 0.15) is 6.92 Å². The predicted molar refractivity (Wildman–Crippen MR) is 48.5 cm³/mol. The molecule has 0 aliphatic carbocycles. The molecule has 2 unspecified atom stereocenters. The third kappa shape index (κ3) is 1.71. The fourth-order valence-corrected chi connectivity index (χ4v) is 1.52. The van der Waals surface area contributed by atoms with Crippen molar-refractivity contribution in [3.05, 3.63) is 24.3 Å². The number of aliphatic hydroxyl groups is 1. The van der Waals surface area contributed by atoms with E-state index in [0.29, 0.717) is 0 Å². The van der Waals surface area contributed by atoms with Crippen molar-refractivity contribution in [1.82, 2.24) is 0 Å². The minimum Gasteiger partial charge on any atom is -0.452 e. The zero-order chi connectivity index (χ0) is 10.1. The lowest BCUT2D eigenvalue weighted by molar-refractivity contribution is -0.153. The van der Waals surface area contributed by atoms with Gasteiger partial charge in [-0.25, -0.2) is 4.79 Å². The molecule has 0 spiro atoms. The average molecular weight is 196 g/mol. The molecule has 0 saturated carbocycles. The Bertz CT molecular complexity index is 292. The van der Waals surface area contributed by atoms with Gasteiger partial charge in [-0.15, -0.1) is 0 Å². The Hall–Kier alpha value is -1.13. The summed E-state index contributed by atoms with van der Waals surface area (Å²) in [5, 5.41) is 9.31. The standard InChI is InChI=1S/C10H12O4/c1-6(11)7-2-3-9-8(13-7)4-5-10(12)14-9/h2-9,11H,1H3/t6-,7?,8-,9?/m1/s1. The first-order valence-electron chi connectivity index (χ1n) is 4.57. The van der Waals surface area contributed by atoms with E-state index in [-0.39, 0.29) is 24.3 Å². The summed E-state index contributed by atoms with van der Waals surface area (Å²) in [6.45, 7) is 1.66. The summed E-state index contributed by atoms with van der Waals surface area (Å²) in [6.07, 6.45) is 5.00. The normalized spacial score (nSPS) is 37.6. The minimum absolute atomic E-state index is 0.266. The van der Waals surface area contributed by atoms with Crippen LogP contribution in [0, 0.1) is 0 Å². The smallest absolute Gasteiger partial charge is 0.331 e. The number of rotatable bonds is 1. The van der Waals surface area contributed by atoms with Gasteiger partial charge in [-0.2, -0.15) is 0 Å². The Morgan fingerprint density at radius 1 is 1.36 bits per heavy atom. The average Bonchev–Trinajstić information content (AvgIpc) is 2.16. The number of carbonyl (C=O) groups excluding carboxylic acids is 1. The molecule has 4 heteroatoms. The molecule has 0 amide bonds. The van der Waals surface area contributed by atoms with Crippen LogP contribution in [-0.2, 0) is 14.3 Å². The minimum atomic E-state index is -0.557. The summed E-state index contributed by atoms with van der Waals surface area (Å²) in [7, 11) is 0. The molecule has 4 nitrogen and oxygen atoms in total. The summed E-state index contributed by atoms with van der Waals surface area (Å²) in [5.74, 6) is -0.352. The summed E-state index contributed by atoms with van der Waals surface area (Å²) in [5.41, 5.74) is 0. The van der Waals surface area contributed by atoms with Crippen LogP contribution in [0.5, 0.6) is 0 Å². The van der Waals surface area contributed by atoms with Crippen LogP contribution in [0.15, 0.2) is 24.3 Å². The molecule has 2 rings (SSSR count). The fraction of sp³-hybridized carbons (Fsp3) is 0.500. The molecular formula is C10H12O4. The van der Waals surface area contributed by atoms with Crippen molar-refractivity contribution in [3.8, 4) is 0 Å². The molecule has 0 aromatic heterocycles. The van der Waals surface area contributed by atoms with Crippen molar-refractivity contribution in [2.24, 2.45) is 0 Å². The van der Waals surface area contributed by atoms with Crippen LogP contribution in [0.25, 0.3) is 0 Å². The maximum Gasteiger partial charge on any atom is 0.331 e. The maximum atomic E-state index is 10.9. The first-order valence-corrected chi connectivity index (χ1v) is 4.57. The lowest BCUT2D eigenvalue weighted by Gasteiger charge is -2.33. The van der Waals surface area contributed by atoms with Crippen molar-refractivity contribution in [3.63, 3.8) is 0 Å². The van der Waals surface area contributed by atoms with Crippen LogP contribution >= 0.6 is 0 Å². The molecule has 0 saturated heterocycles. The molecular weight excluding hydrogens is 184 g/mol. The van der Waals surface area contributed by atoms with Gasteiger partial charge in [-0.05, 0) is 19.1 Å². The Balaban J connectivity index is 2.12. The first kappa shape index (κ1) is 9.43. The zero-order valence-corrected chi connectivity index (χ0v) is 7.79. The molecule has 0 aromatic rings. The number of hydrogen-bond donors (Lipinski definition) is 1. The van der Waals surface area contributed by atoms with E-state index in [4.69, 9.17) is 9.47 Å². The lowest BCUT2D eigenvalue weighted by Crippen LogP contribution is -2.42. The quantitative estimate of drug-likeness (QED) is 0.480. The van der Waals surface area contributed by atoms with Gasteiger partial charge < -0.3 is 14.6 Å². The van der Waals surface area contributed by atoms with Gasteiger partial charge in [0.25, 0.3) is 0 Å². The van der Waals surface area contributed by atoms with Gasteiger partial charge in [0, 0.05) is 6.08 Å². The molecule has 2 aliphatic heterocycles. The highest BCUT2D eigenvalue weighted by molar-refractivity contribution is 5.83. The summed E-state index contributed by atoms with van der Waals surface area (Å²) < 4.78 is 10.5. The van der Waals surface area contributed by atoms with Crippen LogP contribution in [-0.4, -0.2) is 35.5 Å². The molecule has 76 valence electrons. The second kappa shape index (κ2) is 3.55. The fourth-order valence-electron chi connectivity index (χ4n) is 1.52. The third-order valence-corrected chi connectivity index (χ3v) is 2.28. The number of aliphatic hydroxyl groups excluding tert-OH is 1. The molecule has 4 atom stereocenters. The van der Waals surface area contributed by atoms with Crippen LogP contribution in [0.3, 0.4) is 0 Å². The van der Waals surface area contributed by atoms with Crippen molar-refractivity contribution in [1.29, 1.82) is 0 Å². The first-order chi connectivity index (χ1) is 6.66. The summed E-state index contributed by atoms with van der Waals surface area (Å²) in [4.78, 5) is 10.9. The molecule has 14 heavy (non-hydrogen) atoms. The molecule has 0 radical (unpaired) electrons. The predicted octanol–water partition coefficient (Wildman–Crippen LogP) is 0.172. The van der Waals surface area contributed by atoms with Gasteiger partial charge in [-0.1, -0.05) is 6.08 Å². The highest BCUT2D eigenvalue weighted by Crippen LogP contribution is 2.21. The number of carbonyl (C=O) groups is 1. The summed E-state index contributed by atoms with van der Waals surface area (Å²) >= 11 is 0. The monoisotopic (exact) mass is 196 g/mol. The van der Waals surface area contributed by atoms with E-state index in [1.54, 1.807) is 25.2 Å². The van der Waals surface area contributed by atoms with Crippen LogP contribution in [0.4, 0.5) is 0 Å². The highest BCUT2D eigenvalue weighted by atomic mass is 16.6. The van der Waals surface area contributed by atoms with E-state index in [1.165, 1.54) is 6.08 Å². The third-order valence-electron chi connectivity index (χ3n) is 2.28. The van der Waals surface area contributed by atoms with E-state index in [0.717, 1.165) is 0 Å². The topological polar surface area (TPSA) is 55.8 Å². The van der Waals surface area contributed by atoms with Crippen molar-refractivity contribution < 1.29 is 19.4 Å². The number of esters is 1. The van der Waals surface area contributed by atoms with Gasteiger partial charge in [0.2, 0.25) is 0 Å². The van der Waals surface area contributed by atoms with E-state index < -0.39 is 6.10 Å². The Morgan fingerprint density at radius 3 is 2.86 bits per heavy atom. The number of fused-ring (bicyclic) bond motifs is 1. The summed E-state index contributed by atoms with van der Waals surface area (Å²) in [6, 6.07) is 0. The van der Waals surface area contributed by atoms with E-state index in [9.17, 15) is 9.90 Å². The zero-order valence-electron chi connectivity index (χ0n) is 7.79. The van der Waals surface area contributed by atoms with Crippen molar-refractivity contribution >= 4 is 5.97 Å². The molecule has 2 aliphatic rings. The van der Waals surface area contributed by atoms with E-state index in [1.807, 2.05) is 0 Å². The van der Waals surface area contributed by atoms with Crippen LogP contribution < -0.4 is 0 Å². The van der Waals surface area contributed by atoms with Gasteiger partial charge in [0.1, 0.15) is 12.2 Å². The molecule has 0 aromatic carbocycles. The largest absolute Gasteiger partial charge is 0.452 e. The highest BCUT2D eigenvalue weighted by Gasteiger charge is 2.32. The van der Waals surface area contributed by atoms with Crippen LogP contribution in [0.2, 0.25) is 0 Å². The van der Waals surface area contributed by atoms with Crippen molar-refractivity contribution in [2.45, 2.75) is 31.3 Å².